The number of rotatable bonds is 8. The third-order valence-electron chi connectivity index (χ3n) is 9.03. The number of methoxy groups -OCH3 is 2. The summed E-state index contributed by atoms with van der Waals surface area (Å²) in [5.41, 5.74) is 15.8. The highest BCUT2D eigenvalue weighted by Gasteiger charge is 2.30. The highest BCUT2D eigenvalue weighted by Crippen LogP contribution is 2.44. The number of nitrogens with zero attached hydrogens (tertiary/aromatic N) is 2. The van der Waals surface area contributed by atoms with Crippen LogP contribution in [0.2, 0.25) is 0 Å². The number of aromatic nitrogens is 2. The summed E-state index contributed by atoms with van der Waals surface area (Å²) in [7, 11) is 3.26. The Kier molecular flexibility index (Phi) is 10.7. The second-order valence-electron chi connectivity index (χ2n) is 12.7. The Labute approximate surface area is 312 Å². The molecule has 12 nitrogen and oxygen atoms in total. The monoisotopic (exact) mass is 728 g/mol. The first-order chi connectivity index (χ1) is 26.2. The zero-order chi connectivity index (χ0) is 37.6. The second-order valence-corrected chi connectivity index (χ2v) is 12.7. The van der Waals surface area contributed by atoms with Gasteiger partial charge in [-0.05, 0) is 83.9 Å². The first-order valence-electron chi connectivity index (χ1n) is 17.3. The first-order valence-corrected chi connectivity index (χ1v) is 17.3. The van der Waals surface area contributed by atoms with Crippen LogP contribution in [0.1, 0.15) is 59.5 Å². The topological polar surface area (TPSA) is 174 Å². The van der Waals surface area contributed by atoms with Crippen molar-refractivity contribution in [2.24, 2.45) is 0 Å². The molecule has 0 amide bonds. The van der Waals surface area contributed by atoms with Gasteiger partial charge < -0.3 is 50.1 Å². The number of hydrogen-bond acceptors (Lipinski definition) is 12. The summed E-state index contributed by atoms with van der Waals surface area (Å²) >= 11 is 0. The van der Waals surface area contributed by atoms with Crippen LogP contribution in [0.3, 0.4) is 0 Å². The number of anilines is 2. The molecule has 4 atom stereocenters. The molecule has 4 aromatic carbocycles. The van der Waals surface area contributed by atoms with Gasteiger partial charge in [-0.15, -0.1) is 0 Å². The molecule has 0 radical (unpaired) electrons. The van der Waals surface area contributed by atoms with Gasteiger partial charge in [0.25, 0.3) is 0 Å². The lowest BCUT2D eigenvalue weighted by Gasteiger charge is -2.30. The molecule has 0 saturated heterocycles. The Morgan fingerprint density at radius 1 is 0.537 bits per heavy atom. The summed E-state index contributed by atoms with van der Waals surface area (Å²) in [4.78, 5) is 8.24. The summed E-state index contributed by atoms with van der Waals surface area (Å²) < 4.78 is 34.0. The number of fused-ring (bicyclic) bond motifs is 2. The largest absolute Gasteiger partial charge is 0.497 e. The van der Waals surface area contributed by atoms with Gasteiger partial charge in [-0.25, -0.2) is 9.97 Å². The van der Waals surface area contributed by atoms with Crippen LogP contribution >= 0.6 is 0 Å². The Morgan fingerprint density at radius 2 is 0.926 bits per heavy atom. The molecule has 0 saturated carbocycles. The number of benzene rings is 4. The predicted octanol–water partition coefficient (Wildman–Crippen LogP) is 8.04. The maximum atomic E-state index is 10.6. The molecule has 12 heteroatoms. The molecule has 0 bridgehead atoms. The van der Waals surface area contributed by atoms with E-state index >= 15 is 0 Å². The van der Waals surface area contributed by atoms with E-state index in [0.29, 0.717) is 70.1 Å². The molecule has 276 valence electrons. The zero-order valence-corrected chi connectivity index (χ0v) is 29.7. The van der Waals surface area contributed by atoms with Crippen molar-refractivity contribution in [1.82, 2.24) is 9.97 Å². The molecule has 4 heterocycles. The number of pyridine rings is 2. The van der Waals surface area contributed by atoms with Crippen LogP contribution in [0.25, 0.3) is 0 Å². The van der Waals surface area contributed by atoms with Gasteiger partial charge in [0, 0.05) is 36.1 Å². The molecule has 6 N–H and O–H groups in total. The standard InChI is InChI=1S/2C21H20N2O4/c2*1-25-15-5-2-13(3-6-15)20-11-18(24)17-10-16(7-8-19(17)27-20)26-21-9-4-14(22)12-23-21/h2*2-10,12,18,20,24H,11,22H2,1H3. The van der Waals surface area contributed by atoms with E-state index in [2.05, 4.69) is 9.97 Å². The summed E-state index contributed by atoms with van der Waals surface area (Å²) in [5.74, 6) is 4.90. The molecular weight excluding hydrogens is 688 g/mol. The third kappa shape index (κ3) is 8.41. The Hall–Kier alpha value is -6.50. The van der Waals surface area contributed by atoms with E-state index in [4.69, 9.17) is 39.9 Å². The molecular formula is C42H40N4O8. The molecule has 0 fully saturated rings. The minimum absolute atomic E-state index is 0.219. The molecule has 2 aliphatic heterocycles. The van der Waals surface area contributed by atoms with E-state index in [0.717, 1.165) is 22.6 Å². The number of ether oxygens (including phenoxy) is 6. The summed E-state index contributed by atoms with van der Waals surface area (Å²) in [6.45, 7) is 0. The van der Waals surface area contributed by atoms with Crippen molar-refractivity contribution in [3.8, 4) is 46.3 Å². The van der Waals surface area contributed by atoms with Crippen LogP contribution in [-0.2, 0) is 0 Å². The second kappa shape index (κ2) is 16.0. The first kappa shape index (κ1) is 35.9. The van der Waals surface area contributed by atoms with Crippen molar-refractivity contribution >= 4 is 11.4 Å². The fraction of sp³-hybridized carbons (Fsp3) is 0.190. The van der Waals surface area contributed by atoms with E-state index in [1.54, 1.807) is 74.9 Å². The van der Waals surface area contributed by atoms with E-state index in [1.165, 1.54) is 12.4 Å². The lowest BCUT2D eigenvalue weighted by molar-refractivity contribution is 0.0651. The van der Waals surface area contributed by atoms with E-state index < -0.39 is 12.2 Å². The number of nitrogen functional groups attached to an aromatic ring is 2. The number of aliphatic hydroxyl groups is 2. The van der Waals surface area contributed by atoms with Crippen LogP contribution in [0.4, 0.5) is 11.4 Å². The van der Waals surface area contributed by atoms with E-state index in [1.807, 2.05) is 48.5 Å². The van der Waals surface area contributed by atoms with Gasteiger partial charge >= 0.3 is 0 Å². The minimum Gasteiger partial charge on any atom is -0.497 e. The van der Waals surface area contributed by atoms with Crippen LogP contribution in [0.15, 0.2) is 122 Å². The molecule has 54 heavy (non-hydrogen) atoms. The van der Waals surface area contributed by atoms with Gasteiger partial charge in [0.1, 0.15) is 46.7 Å². The van der Waals surface area contributed by atoms with Gasteiger partial charge in [0.05, 0.1) is 50.2 Å². The van der Waals surface area contributed by atoms with Gasteiger partial charge in [-0.2, -0.15) is 0 Å². The lowest BCUT2D eigenvalue weighted by Crippen LogP contribution is -2.19. The maximum Gasteiger partial charge on any atom is 0.219 e. The molecule has 2 aromatic heterocycles. The molecule has 6 aromatic rings. The molecule has 0 aliphatic carbocycles. The lowest BCUT2D eigenvalue weighted by atomic mass is 9.95. The fourth-order valence-corrected chi connectivity index (χ4v) is 6.17. The zero-order valence-electron chi connectivity index (χ0n) is 29.7. The Bertz CT molecular complexity index is 2010. The average Bonchev–Trinajstić information content (AvgIpc) is 3.20. The van der Waals surface area contributed by atoms with Crippen LogP contribution in [-0.4, -0.2) is 34.4 Å². The molecule has 8 rings (SSSR count). The SMILES string of the molecule is COc1ccc(C2CC(O)c3cc(Oc4ccc(N)cn4)ccc3O2)cc1.COc1ccc(C2CC(O)c3cc(Oc4ccc(N)cn4)ccc3O2)cc1. The number of nitrogens with two attached hydrogens (primary N) is 2. The van der Waals surface area contributed by atoms with E-state index in [9.17, 15) is 10.2 Å². The van der Waals surface area contributed by atoms with Crippen molar-refractivity contribution < 1.29 is 38.6 Å². The van der Waals surface area contributed by atoms with Gasteiger partial charge in [-0.1, -0.05) is 24.3 Å². The van der Waals surface area contributed by atoms with Crippen LogP contribution in [0, 0.1) is 0 Å². The third-order valence-corrected chi connectivity index (χ3v) is 9.03. The van der Waals surface area contributed by atoms with Gasteiger partial charge in [0.15, 0.2) is 0 Å². The van der Waals surface area contributed by atoms with Gasteiger partial charge in [0.2, 0.25) is 11.8 Å². The molecule has 0 spiro atoms. The van der Waals surface area contributed by atoms with Crippen molar-refractivity contribution in [2.45, 2.75) is 37.3 Å². The fourth-order valence-electron chi connectivity index (χ4n) is 6.17. The summed E-state index contributed by atoms with van der Waals surface area (Å²) in [5, 5.41) is 21.3. The van der Waals surface area contributed by atoms with Gasteiger partial charge in [-0.3, -0.25) is 0 Å². The van der Waals surface area contributed by atoms with Crippen molar-refractivity contribution in [3.63, 3.8) is 0 Å². The number of hydrogen-bond donors (Lipinski definition) is 4. The van der Waals surface area contributed by atoms with Crippen molar-refractivity contribution in [2.75, 3.05) is 25.7 Å². The van der Waals surface area contributed by atoms with Crippen LogP contribution in [0.5, 0.6) is 46.3 Å². The molecule has 2 aliphatic rings. The van der Waals surface area contributed by atoms with E-state index in [-0.39, 0.29) is 12.2 Å². The Morgan fingerprint density at radius 3 is 1.28 bits per heavy atom. The summed E-state index contributed by atoms with van der Waals surface area (Å²) in [6, 6.07) is 32.9. The normalized spacial score (nSPS) is 18.3. The molecule has 4 unspecified atom stereocenters. The smallest absolute Gasteiger partial charge is 0.219 e. The van der Waals surface area contributed by atoms with Crippen LogP contribution < -0.4 is 39.9 Å². The predicted molar refractivity (Wildman–Crippen MR) is 202 cm³/mol. The minimum atomic E-state index is -0.649. The summed E-state index contributed by atoms with van der Waals surface area (Å²) in [6.07, 6.45) is 2.25. The highest BCUT2D eigenvalue weighted by molar-refractivity contribution is 5.47. The van der Waals surface area contributed by atoms with Crippen molar-refractivity contribution in [1.29, 1.82) is 0 Å². The van der Waals surface area contributed by atoms with Crippen molar-refractivity contribution in [3.05, 3.63) is 144 Å². The highest BCUT2D eigenvalue weighted by atomic mass is 16.5. The maximum absolute atomic E-state index is 10.6. The average molecular weight is 729 g/mol. The number of aliphatic hydroxyl groups excluding tert-OH is 2. The quantitative estimate of drug-likeness (QED) is 0.119. The Balaban J connectivity index is 0.000000167.